The van der Waals surface area contributed by atoms with Crippen LogP contribution in [0.4, 0.5) is 29.3 Å². The molecule has 2 aromatic rings. The van der Waals surface area contributed by atoms with Crippen LogP contribution in [0.3, 0.4) is 0 Å². The molecule has 11 nitrogen and oxygen atoms in total. The number of rotatable bonds is 8. The zero-order chi connectivity index (χ0) is 30.5. The van der Waals surface area contributed by atoms with Crippen LogP contribution in [0.25, 0.3) is 0 Å². The van der Waals surface area contributed by atoms with E-state index in [1.165, 1.54) is 12.1 Å². The molecule has 1 fully saturated rings. The number of nitrogens with zero attached hydrogens (tertiary/aromatic N) is 2. The summed E-state index contributed by atoms with van der Waals surface area (Å²) in [6.45, 7) is 5.69. The fourth-order valence-corrected chi connectivity index (χ4v) is 4.30. The predicted molar refractivity (Wildman–Crippen MR) is 144 cm³/mol. The summed E-state index contributed by atoms with van der Waals surface area (Å²) in [6.07, 6.45) is -5.14. The summed E-state index contributed by atoms with van der Waals surface area (Å²) in [4.78, 5) is 50.0. The van der Waals surface area contributed by atoms with Crippen LogP contribution in [0, 0.1) is 10.1 Å². The number of amides is 3. The van der Waals surface area contributed by atoms with Crippen molar-refractivity contribution >= 4 is 40.9 Å². The molecular formula is C26H29ClF3N5O6. The zero-order valence-electron chi connectivity index (χ0n) is 22.4. The first kappa shape index (κ1) is 31.6. The monoisotopic (exact) mass is 599 g/mol. The van der Waals surface area contributed by atoms with Crippen molar-refractivity contribution in [1.29, 1.82) is 0 Å². The third kappa shape index (κ3) is 9.32. The molecule has 2 aromatic carbocycles. The van der Waals surface area contributed by atoms with Gasteiger partial charge in [-0.3, -0.25) is 29.9 Å². The molecule has 0 unspecified atom stereocenters. The Morgan fingerprint density at radius 1 is 1.15 bits per heavy atom. The Morgan fingerprint density at radius 3 is 2.49 bits per heavy atom. The molecule has 0 saturated carbocycles. The molecular weight excluding hydrogens is 571 g/mol. The van der Waals surface area contributed by atoms with Crippen LogP contribution >= 0.6 is 11.6 Å². The van der Waals surface area contributed by atoms with E-state index >= 15 is 0 Å². The first-order valence-corrected chi connectivity index (χ1v) is 12.8. The van der Waals surface area contributed by atoms with Crippen LogP contribution in [-0.4, -0.2) is 59.0 Å². The van der Waals surface area contributed by atoms with Crippen LogP contribution < -0.4 is 16.0 Å². The van der Waals surface area contributed by atoms with Gasteiger partial charge in [-0.1, -0.05) is 17.7 Å². The van der Waals surface area contributed by atoms with Crippen molar-refractivity contribution in [3.63, 3.8) is 0 Å². The Morgan fingerprint density at radius 2 is 1.85 bits per heavy atom. The Balaban J connectivity index is 1.59. The Kier molecular flexibility index (Phi) is 9.81. The minimum Gasteiger partial charge on any atom is -0.444 e. The van der Waals surface area contributed by atoms with Gasteiger partial charge < -0.3 is 15.4 Å². The van der Waals surface area contributed by atoms with Crippen LogP contribution in [0.2, 0.25) is 5.02 Å². The number of likely N-dealkylation sites (tertiary alicyclic amines) is 1. The number of halogens is 4. The fraction of sp³-hybridized carbons (Fsp3) is 0.423. The first-order valence-electron chi connectivity index (χ1n) is 12.5. The number of carbonyl (C=O) groups excluding carboxylic acids is 3. The maximum atomic E-state index is 13.3. The van der Waals surface area contributed by atoms with Gasteiger partial charge in [-0.05, 0) is 57.0 Å². The Bertz CT molecular complexity index is 1330. The number of benzene rings is 2. The van der Waals surface area contributed by atoms with Crippen molar-refractivity contribution in [2.75, 3.05) is 25.0 Å². The van der Waals surface area contributed by atoms with Crippen LogP contribution in [0.15, 0.2) is 36.4 Å². The lowest BCUT2D eigenvalue weighted by Gasteiger charge is -2.21. The van der Waals surface area contributed by atoms with E-state index in [0.717, 1.165) is 6.07 Å². The van der Waals surface area contributed by atoms with Crippen molar-refractivity contribution < 1.29 is 37.2 Å². The van der Waals surface area contributed by atoms with Gasteiger partial charge in [0.1, 0.15) is 10.6 Å². The van der Waals surface area contributed by atoms with E-state index in [9.17, 15) is 37.7 Å². The maximum absolute atomic E-state index is 13.3. The van der Waals surface area contributed by atoms with Gasteiger partial charge in [0, 0.05) is 31.7 Å². The summed E-state index contributed by atoms with van der Waals surface area (Å²) in [6, 6.07) is 6.47. The highest BCUT2D eigenvalue weighted by Gasteiger charge is 2.32. The third-order valence-corrected chi connectivity index (χ3v) is 6.21. The number of hydrogen-bond donors (Lipinski definition) is 3. The summed E-state index contributed by atoms with van der Waals surface area (Å²) in [7, 11) is 0. The summed E-state index contributed by atoms with van der Waals surface area (Å²) in [5.41, 5.74) is -2.24. The molecule has 1 aliphatic rings. The van der Waals surface area contributed by atoms with Crippen molar-refractivity contribution in [3.8, 4) is 0 Å². The van der Waals surface area contributed by atoms with Crippen molar-refractivity contribution in [2.45, 2.75) is 51.6 Å². The number of anilines is 1. The van der Waals surface area contributed by atoms with E-state index in [1.54, 1.807) is 26.8 Å². The molecule has 1 saturated heterocycles. The minimum absolute atomic E-state index is 0.0326. The second-order valence-electron chi connectivity index (χ2n) is 10.4. The minimum atomic E-state index is -4.75. The largest absolute Gasteiger partial charge is 0.444 e. The average Bonchev–Trinajstić information content (AvgIpc) is 3.28. The lowest BCUT2D eigenvalue weighted by molar-refractivity contribution is -0.384. The molecule has 3 rings (SSSR count). The van der Waals surface area contributed by atoms with Crippen molar-refractivity contribution in [3.05, 3.63) is 68.2 Å². The summed E-state index contributed by atoms with van der Waals surface area (Å²) in [5.74, 6) is -1.57. The van der Waals surface area contributed by atoms with Crippen LogP contribution in [-0.2, 0) is 22.3 Å². The third-order valence-electron chi connectivity index (χ3n) is 5.89. The van der Waals surface area contributed by atoms with Gasteiger partial charge in [0.15, 0.2) is 0 Å². The highest BCUT2D eigenvalue weighted by atomic mass is 35.5. The molecule has 0 radical (unpaired) electrons. The molecule has 0 bridgehead atoms. The molecule has 3 N–H and O–H groups in total. The number of nitrogens with one attached hydrogen (secondary N) is 3. The maximum Gasteiger partial charge on any atom is 0.416 e. The number of ether oxygens (including phenoxy) is 1. The molecule has 0 aromatic heterocycles. The van der Waals surface area contributed by atoms with Crippen LogP contribution in [0.1, 0.15) is 48.7 Å². The predicted octanol–water partition coefficient (Wildman–Crippen LogP) is 4.73. The van der Waals surface area contributed by atoms with E-state index in [4.69, 9.17) is 16.3 Å². The van der Waals surface area contributed by atoms with Gasteiger partial charge in [-0.25, -0.2) is 4.79 Å². The molecule has 0 aliphatic carbocycles. The second kappa shape index (κ2) is 12.7. The smallest absolute Gasteiger partial charge is 0.416 e. The number of carbonyl (C=O) groups is 3. The van der Waals surface area contributed by atoms with Gasteiger partial charge in [-0.2, -0.15) is 13.2 Å². The molecule has 0 spiro atoms. The van der Waals surface area contributed by atoms with E-state index in [2.05, 4.69) is 16.0 Å². The van der Waals surface area contributed by atoms with Gasteiger partial charge in [0.2, 0.25) is 5.91 Å². The zero-order valence-corrected chi connectivity index (χ0v) is 23.2. The Labute approximate surface area is 238 Å². The molecule has 3 amide bonds. The average molecular weight is 600 g/mol. The fourth-order valence-electron chi connectivity index (χ4n) is 4.11. The first-order chi connectivity index (χ1) is 19.0. The molecule has 41 heavy (non-hydrogen) atoms. The highest BCUT2D eigenvalue weighted by molar-refractivity contribution is 6.32. The molecule has 15 heteroatoms. The lowest BCUT2D eigenvalue weighted by atomic mass is 10.1. The summed E-state index contributed by atoms with van der Waals surface area (Å²) in [5, 5.41) is 18.5. The van der Waals surface area contributed by atoms with E-state index in [-0.39, 0.29) is 22.4 Å². The molecule has 1 aliphatic heterocycles. The van der Waals surface area contributed by atoms with Gasteiger partial charge in [-0.15, -0.1) is 0 Å². The number of nitro benzene ring substituents is 1. The van der Waals surface area contributed by atoms with E-state index in [1.807, 2.05) is 4.90 Å². The standard InChI is InChI=1S/C26H29ClF3N5O6/c1-25(2,3)41-24(38)33-20-7-5-16(26(28,29)30)11-18(20)23(37)31-12-22(36)32-17-8-9-34(14-17)13-15-4-6-19(27)21(10-15)35(39)40/h4-7,10-11,17H,8-9,12-14H2,1-3H3,(H,31,37)(H,32,36)(H,33,38)/t17-/m1/s1. The normalized spacial score (nSPS) is 15.7. The number of hydrogen-bond acceptors (Lipinski definition) is 7. The quantitative estimate of drug-likeness (QED) is 0.294. The van der Waals surface area contributed by atoms with E-state index in [0.29, 0.717) is 43.8 Å². The van der Waals surface area contributed by atoms with E-state index < -0.39 is 52.3 Å². The van der Waals surface area contributed by atoms with Crippen LogP contribution in [0.5, 0.6) is 0 Å². The highest BCUT2D eigenvalue weighted by Crippen LogP contribution is 2.32. The van der Waals surface area contributed by atoms with Gasteiger partial charge in [0.25, 0.3) is 11.6 Å². The lowest BCUT2D eigenvalue weighted by Crippen LogP contribution is -2.43. The molecule has 1 atom stereocenters. The van der Waals surface area contributed by atoms with Crippen molar-refractivity contribution in [2.24, 2.45) is 0 Å². The van der Waals surface area contributed by atoms with Gasteiger partial charge in [0.05, 0.1) is 28.3 Å². The van der Waals surface area contributed by atoms with Crippen molar-refractivity contribution in [1.82, 2.24) is 15.5 Å². The second-order valence-corrected chi connectivity index (χ2v) is 10.8. The molecule has 1 heterocycles. The number of nitro groups is 1. The summed E-state index contributed by atoms with van der Waals surface area (Å²) >= 11 is 5.85. The van der Waals surface area contributed by atoms with Gasteiger partial charge >= 0.3 is 12.3 Å². The Hall–Kier alpha value is -3.91. The SMILES string of the molecule is CC(C)(C)OC(=O)Nc1ccc(C(F)(F)F)cc1C(=O)NCC(=O)N[C@@H]1CCN(Cc2ccc(Cl)c([N+](=O)[O-])c2)C1. The summed E-state index contributed by atoms with van der Waals surface area (Å²) < 4.78 is 45.0. The topological polar surface area (TPSA) is 143 Å². The number of alkyl halides is 3. The molecule has 222 valence electrons.